The predicted octanol–water partition coefficient (Wildman–Crippen LogP) is 2.88. The van der Waals surface area contributed by atoms with Crippen LogP contribution >= 0.6 is 0 Å². The molecule has 1 unspecified atom stereocenters. The van der Waals surface area contributed by atoms with E-state index >= 15 is 0 Å². The third-order valence-electron chi connectivity index (χ3n) is 3.51. The lowest BCUT2D eigenvalue weighted by molar-refractivity contribution is 0.0703. The van der Waals surface area contributed by atoms with Crippen LogP contribution in [0.15, 0.2) is 79.7 Å². The van der Waals surface area contributed by atoms with Gasteiger partial charge < -0.3 is 9.67 Å². The van der Waals surface area contributed by atoms with Gasteiger partial charge in [0.2, 0.25) is 0 Å². The lowest BCUT2D eigenvalue weighted by atomic mass is 9.93. The largest absolute Gasteiger partial charge is 0.379 e. The molecule has 4 nitrogen and oxygen atoms in total. The fourth-order valence-corrected chi connectivity index (χ4v) is 2.34. The third-order valence-corrected chi connectivity index (χ3v) is 3.51. The van der Waals surface area contributed by atoms with Crippen molar-refractivity contribution in [1.29, 1.82) is 0 Å². The van der Waals surface area contributed by atoms with E-state index in [-0.39, 0.29) is 0 Å². The summed E-state index contributed by atoms with van der Waals surface area (Å²) in [6.07, 6.45) is 12.4. The molecule has 0 bridgehead atoms. The van der Waals surface area contributed by atoms with Gasteiger partial charge in [-0.2, -0.15) is 0 Å². The summed E-state index contributed by atoms with van der Waals surface area (Å²) in [6, 6.07) is 13.6. The molecule has 22 heavy (non-hydrogen) atoms. The van der Waals surface area contributed by atoms with E-state index in [0.717, 1.165) is 11.1 Å². The molecule has 0 saturated carbocycles. The first-order chi connectivity index (χ1) is 10.8. The average molecular weight is 291 g/mol. The Morgan fingerprint density at radius 2 is 1.77 bits per heavy atom. The Hall–Kier alpha value is -2.72. The van der Waals surface area contributed by atoms with Crippen molar-refractivity contribution >= 4 is 6.08 Å². The van der Waals surface area contributed by atoms with Gasteiger partial charge in [0.1, 0.15) is 5.60 Å². The van der Waals surface area contributed by atoms with Crippen molar-refractivity contribution in [3.8, 4) is 0 Å². The quantitative estimate of drug-likeness (QED) is 0.786. The van der Waals surface area contributed by atoms with Crippen molar-refractivity contribution in [2.75, 3.05) is 0 Å². The summed E-state index contributed by atoms with van der Waals surface area (Å²) in [5.74, 6) is 0. The van der Waals surface area contributed by atoms with Crippen LogP contribution in [0.1, 0.15) is 11.1 Å². The Kier molecular flexibility index (Phi) is 4.12. The zero-order valence-corrected chi connectivity index (χ0v) is 12.1. The van der Waals surface area contributed by atoms with Crippen LogP contribution in [0.2, 0.25) is 0 Å². The topological polar surface area (TPSA) is 50.9 Å². The molecule has 2 aromatic heterocycles. The Morgan fingerprint density at radius 1 is 1.00 bits per heavy atom. The molecule has 1 aromatic carbocycles. The van der Waals surface area contributed by atoms with Crippen LogP contribution in [0.4, 0.5) is 0 Å². The fraction of sp³-hybridized carbons (Fsp3) is 0.111. The summed E-state index contributed by atoms with van der Waals surface area (Å²) in [6.45, 7) is 0.389. The summed E-state index contributed by atoms with van der Waals surface area (Å²) in [7, 11) is 0. The molecule has 0 fully saturated rings. The summed E-state index contributed by atoms with van der Waals surface area (Å²) in [4.78, 5) is 8.05. The lowest BCUT2D eigenvalue weighted by Crippen LogP contribution is -2.28. The van der Waals surface area contributed by atoms with E-state index in [4.69, 9.17) is 0 Å². The van der Waals surface area contributed by atoms with Crippen molar-refractivity contribution in [3.05, 3.63) is 90.8 Å². The van der Waals surface area contributed by atoms with E-state index in [1.807, 2.05) is 65.4 Å². The molecular formula is C18H17N3O. The number of rotatable bonds is 5. The second-order valence-corrected chi connectivity index (χ2v) is 5.14. The highest BCUT2D eigenvalue weighted by Gasteiger charge is 2.26. The predicted molar refractivity (Wildman–Crippen MR) is 85.8 cm³/mol. The minimum Gasteiger partial charge on any atom is -0.379 e. The van der Waals surface area contributed by atoms with Gasteiger partial charge in [-0.3, -0.25) is 4.98 Å². The van der Waals surface area contributed by atoms with Crippen LogP contribution in [0.5, 0.6) is 0 Å². The SMILES string of the molecule is OC(/C=C/c1ccccc1)(Cn1ccnc1)c1ccncc1. The Bertz CT molecular complexity index is 724. The van der Waals surface area contributed by atoms with Gasteiger partial charge in [0.25, 0.3) is 0 Å². The number of benzene rings is 1. The summed E-state index contributed by atoms with van der Waals surface area (Å²) >= 11 is 0. The minimum absolute atomic E-state index is 0.389. The fourth-order valence-electron chi connectivity index (χ4n) is 2.34. The Labute approximate surface area is 129 Å². The van der Waals surface area contributed by atoms with Crippen LogP contribution in [0.3, 0.4) is 0 Å². The number of imidazole rings is 1. The van der Waals surface area contributed by atoms with E-state index in [1.165, 1.54) is 0 Å². The van der Waals surface area contributed by atoms with Crippen LogP contribution < -0.4 is 0 Å². The molecule has 0 aliphatic heterocycles. The van der Waals surface area contributed by atoms with Crippen LogP contribution in [0, 0.1) is 0 Å². The van der Waals surface area contributed by atoms with Crippen LogP contribution in [-0.2, 0) is 12.1 Å². The molecule has 110 valence electrons. The zero-order valence-electron chi connectivity index (χ0n) is 12.1. The molecular weight excluding hydrogens is 274 g/mol. The third kappa shape index (κ3) is 3.30. The van der Waals surface area contributed by atoms with Gasteiger partial charge in [0.15, 0.2) is 0 Å². The van der Waals surface area contributed by atoms with Gasteiger partial charge in [0, 0.05) is 24.8 Å². The van der Waals surface area contributed by atoms with Gasteiger partial charge in [-0.1, -0.05) is 36.4 Å². The maximum absolute atomic E-state index is 11.2. The van der Waals surface area contributed by atoms with Crippen molar-refractivity contribution in [3.63, 3.8) is 0 Å². The summed E-state index contributed by atoms with van der Waals surface area (Å²) in [5.41, 5.74) is 0.712. The number of nitrogens with zero attached hydrogens (tertiary/aromatic N) is 3. The number of hydrogen-bond donors (Lipinski definition) is 1. The smallest absolute Gasteiger partial charge is 0.126 e. The van der Waals surface area contributed by atoms with Gasteiger partial charge in [-0.15, -0.1) is 0 Å². The Balaban J connectivity index is 1.94. The average Bonchev–Trinajstić information content (AvgIpc) is 3.08. The van der Waals surface area contributed by atoms with Crippen molar-refractivity contribution in [2.45, 2.75) is 12.1 Å². The van der Waals surface area contributed by atoms with Crippen LogP contribution in [-0.4, -0.2) is 19.6 Å². The molecule has 0 saturated heterocycles. The first kappa shape index (κ1) is 14.2. The molecule has 1 atom stereocenters. The highest BCUT2D eigenvalue weighted by molar-refractivity contribution is 5.51. The minimum atomic E-state index is -1.13. The van der Waals surface area contributed by atoms with Crippen molar-refractivity contribution < 1.29 is 5.11 Å². The second-order valence-electron chi connectivity index (χ2n) is 5.14. The monoisotopic (exact) mass is 291 g/mol. The van der Waals surface area contributed by atoms with E-state index in [9.17, 15) is 5.11 Å². The molecule has 0 spiro atoms. The molecule has 0 aliphatic carbocycles. The van der Waals surface area contributed by atoms with E-state index in [0.29, 0.717) is 6.54 Å². The molecule has 2 heterocycles. The first-order valence-corrected chi connectivity index (χ1v) is 7.09. The molecule has 3 aromatic rings. The van der Waals surface area contributed by atoms with E-state index in [2.05, 4.69) is 9.97 Å². The second kappa shape index (κ2) is 6.37. The maximum Gasteiger partial charge on any atom is 0.126 e. The standard InChI is InChI=1S/C18H17N3O/c22-18(14-21-13-12-20-15-21,17-7-10-19-11-8-17)9-6-16-4-2-1-3-5-16/h1-13,15,22H,14H2/b9-6+. The first-order valence-electron chi connectivity index (χ1n) is 7.09. The van der Waals surface area contributed by atoms with Gasteiger partial charge in [-0.25, -0.2) is 4.98 Å². The molecule has 0 aliphatic rings. The molecule has 3 rings (SSSR count). The number of aromatic nitrogens is 3. The van der Waals surface area contributed by atoms with Gasteiger partial charge >= 0.3 is 0 Å². The maximum atomic E-state index is 11.2. The molecule has 1 N–H and O–H groups in total. The summed E-state index contributed by atoms with van der Waals surface area (Å²) < 4.78 is 1.86. The molecule has 4 heteroatoms. The number of aliphatic hydroxyl groups is 1. The number of pyridine rings is 1. The highest BCUT2D eigenvalue weighted by Crippen LogP contribution is 2.25. The van der Waals surface area contributed by atoms with E-state index < -0.39 is 5.60 Å². The normalized spacial score (nSPS) is 14.0. The zero-order chi connectivity index (χ0) is 15.3. The van der Waals surface area contributed by atoms with Crippen molar-refractivity contribution in [2.24, 2.45) is 0 Å². The summed E-state index contributed by atoms with van der Waals surface area (Å²) in [5, 5.41) is 11.2. The number of hydrogen-bond acceptors (Lipinski definition) is 3. The van der Waals surface area contributed by atoms with Gasteiger partial charge in [0.05, 0.1) is 12.9 Å². The van der Waals surface area contributed by atoms with E-state index in [1.54, 1.807) is 24.9 Å². The molecule has 0 radical (unpaired) electrons. The van der Waals surface area contributed by atoms with Crippen LogP contribution in [0.25, 0.3) is 6.08 Å². The molecule has 0 amide bonds. The Morgan fingerprint density at radius 3 is 2.45 bits per heavy atom. The van der Waals surface area contributed by atoms with Gasteiger partial charge in [-0.05, 0) is 29.3 Å². The highest BCUT2D eigenvalue weighted by atomic mass is 16.3. The lowest BCUT2D eigenvalue weighted by Gasteiger charge is -2.25. The van der Waals surface area contributed by atoms with Crippen molar-refractivity contribution in [1.82, 2.24) is 14.5 Å².